The molecule has 1 aromatic carbocycles. The number of carbonyl (C=O) groups is 1. The Hall–Kier alpha value is -2.01. The molecule has 6 heteroatoms. The number of nitrogens with one attached hydrogen (secondary N) is 1. The summed E-state index contributed by atoms with van der Waals surface area (Å²) in [6.45, 7) is 0.623. The smallest absolute Gasteiger partial charge is 0.241 e. The number of rotatable bonds is 4. The molecule has 0 saturated carbocycles. The third kappa shape index (κ3) is 3.49. The quantitative estimate of drug-likeness (QED) is 0.878. The summed E-state index contributed by atoms with van der Waals surface area (Å²) in [7, 11) is 0. The largest absolute Gasteiger partial charge is 0.396 e. The summed E-state index contributed by atoms with van der Waals surface area (Å²) in [5.74, 6) is -0.118. The van der Waals surface area contributed by atoms with Crippen molar-refractivity contribution in [1.29, 1.82) is 0 Å². The highest BCUT2D eigenvalue weighted by Gasteiger charge is 2.03. The van der Waals surface area contributed by atoms with E-state index in [9.17, 15) is 4.79 Å². The zero-order valence-electron chi connectivity index (χ0n) is 9.64. The molecule has 5 nitrogen and oxygen atoms in total. The molecular weight excluding hydrogens is 252 g/mol. The Kier molecular flexibility index (Phi) is 3.84. The summed E-state index contributed by atoms with van der Waals surface area (Å²) in [4.78, 5) is 11.6. The van der Waals surface area contributed by atoms with Crippen LogP contribution in [-0.2, 0) is 17.9 Å². The first kappa shape index (κ1) is 12.4. The second-order valence-electron chi connectivity index (χ2n) is 3.87. The first-order valence-corrected chi connectivity index (χ1v) is 5.80. The van der Waals surface area contributed by atoms with Crippen LogP contribution in [0.2, 0.25) is 5.02 Å². The van der Waals surface area contributed by atoms with Crippen molar-refractivity contribution in [3.05, 3.63) is 47.2 Å². The molecule has 0 atom stereocenters. The summed E-state index contributed by atoms with van der Waals surface area (Å²) < 4.78 is 1.49. The van der Waals surface area contributed by atoms with Gasteiger partial charge in [0.05, 0.1) is 11.9 Å². The van der Waals surface area contributed by atoms with E-state index in [-0.39, 0.29) is 12.5 Å². The number of nitrogens with two attached hydrogens (primary N) is 1. The SMILES string of the molecule is Nc1cnn(CC(=O)NCc2ccc(Cl)cc2)c1. The van der Waals surface area contributed by atoms with Crippen molar-refractivity contribution in [1.82, 2.24) is 15.1 Å². The van der Waals surface area contributed by atoms with Gasteiger partial charge in [-0.15, -0.1) is 0 Å². The third-order valence-corrected chi connectivity index (χ3v) is 2.61. The van der Waals surface area contributed by atoms with E-state index in [2.05, 4.69) is 10.4 Å². The number of hydrogen-bond acceptors (Lipinski definition) is 3. The molecule has 3 N–H and O–H groups in total. The lowest BCUT2D eigenvalue weighted by Gasteiger charge is -2.05. The van der Waals surface area contributed by atoms with Crippen molar-refractivity contribution in [2.75, 3.05) is 5.73 Å². The van der Waals surface area contributed by atoms with E-state index in [1.165, 1.54) is 10.9 Å². The Balaban J connectivity index is 1.83. The van der Waals surface area contributed by atoms with Gasteiger partial charge < -0.3 is 11.1 Å². The van der Waals surface area contributed by atoms with E-state index < -0.39 is 0 Å². The molecule has 0 bridgehead atoms. The van der Waals surface area contributed by atoms with Crippen LogP contribution in [0.4, 0.5) is 5.69 Å². The van der Waals surface area contributed by atoms with Gasteiger partial charge in [-0.05, 0) is 17.7 Å². The second kappa shape index (κ2) is 5.55. The number of amides is 1. The molecule has 1 amide bonds. The zero-order valence-corrected chi connectivity index (χ0v) is 10.4. The lowest BCUT2D eigenvalue weighted by atomic mass is 10.2. The van der Waals surface area contributed by atoms with Crippen molar-refractivity contribution in [3.8, 4) is 0 Å². The Morgan fingerprint density at radius 3 is 2.72 bits per heavy atom. The molecular formula is C12H13ClN4O. The summed E-state index contributed by atoms with van der Waals surface area (Å²) in [6.07, 6.45) is 3.12. The molecule has 0 saturated heterocycles. The van der Waals surface area contributed by atoms with Crippen molar-refractivity contribution >= 4 is 23.2 Å². The van der Waals surface area contributed by atoms with E-state index in [0.29, 0.717) is 17.3 Å². The molecule has 0 aliphatic rings. The normalized spacial score (nSPS) is 10.3. The number of anilines is 1. The summed E-state index contributed by atoms with van der Waals surface area (Å²) >= 11 is 5.77. The minimum absolute atomic E-state index is 0.118. The number of benzene rings is 1. The molecule has 1 aromatic heterocycles. The van der Waals surface area contributed by atoms with Crippen molar-refractivity contribution in [2.24, 2.45) is 0 Å². The Morgan fingerprint density at radius 1 is 1.39 bits per heavy atom. The van der Waals surface area contributed by atoms with Crippen molar-refractivity contribution < 1.29 is 4.79 Å². The number of halogens is 1. The van der Waals surface area contributed by atoms with Gasteiger partial charge in [0.1, 0.15) is 6.54 Å². The number of nitrogens with zero attached hydrogens (tertiary/aromatic N) is 2. The topological polar surface area (TPSA) is 72.9 Å². The van der Waals surface area contributed by atoms with Crippen LogP contribution in [0.5, 0.6) is 0 Å². The van der Waals surface area contributed by atoms with Gasteiger partial charge in [0.15, 0.2) is 0 Å². The highest BCUT2D eigenvalue weighted by atomic mass is 35.5. The predicted octanol–water partition coefficient (Wildman–Crippen LogP) is 1.44. The summed E-state index contributed by atoms with van der Waals surface area (Å²) in [6, 6.07) is 7.32. The molecule has 2 rings (SSSR count). The van der Waals surface area contributed by atoms with Crippen LogP contribution < -0.4 is 11.1 Å². The maximum absolute atomic E-state index is 11.6. The highest BCUT2D eigenvalue weighted by Crippen LogP contribution is 2.09. The first-order chi connectivity index (χ1) is 8.63. The fourth-order valence-electron chi connectivity index (χ4n) is 1.47. The maximum Gasteiger partial charge on any atom is 0.241 e. The van der Waals surface area contributed by atoms with Crippen LogP contribution in [0, 0.1) is 0 Å². The number of carbonyl (C=O) groups excluding carboxylic acids is 1. The maximum atomic E-state index is 11.6. The second-order valence-corrected chi connectivity index (χ2v) is 4.31. The number of nitrogen functional groups attached to an aromatic ring is 1. The van der Waals surface area contributed by atoms with Gasteiger partial charge in [-0.3, -0.25) is 9.48 Å². The molecule has 0 fully saturated rings. The number of hydrogen-bond donors (Lipinski definition) is 2. The van der Waals surface area contributed by atoms with Crippen LogP contribution in [0.25, 0.3) is 0 Å². The first-order valence-electron chi connectivity index (χ1n) is 5.42. The van der Waals surface area contributed by atoms with E-state index in [4.69, 9.17) is 17.3 Å². The zero-order chi connectivity index (χ0) is 13.0. The van der Waals surface area contributed by atoms with Crippen LogP contribution in [0.15, 0.2) is 36.7 Å². The summed E-state index contributed by atoms with van der Waals surface area (Å²) in [5, 5.41) is 7.41. The molecule has 2 aromatic rings. The summed E-state index contributed by atoms with van der Waals surface area (Å²) in [5.41, 5.74) is 7.04. The lowest BCUT2D eigenvalue weighted by molar-refractivity contribution is -0.122. The van der Waals surface area contributed by atoms with Gasteiger partial charge in [0.25, 0.3) is 0 Å². The number of aromatic nitrogens is 2. The predicted molar refractivity (Wildman–Crippen MR) is 69.9 cm³/mol. The molecule has 0 aliphatic heterocycles. The van der Waals surface area contributed by atoms with Gasteiger partial charge in [-0.2, -0.15) is 5.10 Å². The van der Waals surface area contributed by atoms with Crippen LogP contribution in [-0.4, -0.2) is 15.7 Å². The Labute approximate surface area is 110 Å². The minimum Gasteiger partial charge on any atom is -0.396 e. The van der Waals surface area contributed by atoms with Gasteiger partial charge in [0.2, 0.25) is 5.91 Å². The molecule has 94 valence electrons. The van der Waals surface area contributed by atoms with Crippen LogP contribution in [0.1, 0.15) is 5.56 Å². The van der Waals surface area contributed by atoms with Crippen molar-refractivity contribution in [2.45, 2.75) is 13.1 Å². The third-order valence-electron chi connectivity index (χ3n) is 2.36. The van der Waals surface area contributed by atoms with E-state index in [1.54, 1.807) is 18.3 Å². The molecule has 1 heterocycles. The van der Waals surface area contributed by atoms with Crippen LogP contribution in [0.3, 0.4) is 0 Å². The fourth-order valence-corrected chi connectivity index (χ4v) is 1.60. The Morgan fingerprint density at radius 2 is 2.11 bits per heavy atom. The van der Waals surface area contributed by atoms with E-state index in [1.807, 2.05) is 12.1 Å². The lowest BCUT2D eigenvalue weighted by Crippen LogP contribution is -2.27. The highest BCUT2D eigenvalue weighted by molar-refractivity contribution is 6.30. The van der Waals surface area contributed by atoms with Gasteiger partial charge in [-0.25, -0.2) is 0 Å². The van der Waals surface area contributed by atoms with Gasteiger partial charge >= 0.3 is 0 Å². The average Bonchev–Trinajstić information content (AvgIpc) is 2.74. The monoisotopic (exact) mass is 264 g/mol. The minimum atomic E-state index is -0.118. The molecule has 18 heavy (non-hydrogen) atoms. The standard InChI is InChI=1S/C12H13ClN4O/c13-10-3-1-9(2-4-10)5-15-12(18)8-17-7-11(14)6-16-17/h1-4,6-7H,5,8,14H2,(H,15,18). The van der Waals surface area contributed by atoms with Gasteiger partial charge in [0, 0.05) is 17.8 Å². The van der Waals surface area contributed by atoms with Crippen molar-refractivity contribution in [3.63, 3.8) is 0 Å². The average molecular weight is 265 g/mol. The Bertz CT molecular complexity index is 535. The molecule has 0 aliphatic carbocycles. The van der Waals surface area contributed by atoms with Crippen LogP contribution >= 0.6 is 11.6 Å². The van der Waals surface area contributed by atoms with Gasteiger partial charge in [-0.1, -0.05) is 23.7 Å². The van der Waals surface area contributed by atoms with E-state index >= 15 is 0 Å². The molecule has 0 radical (unpaired) electrons. The molecule has 0 unspecified atom stereocenters. The van der Waals surface area contributed by atoms with E-state index in [0.717, 1.165) is 5.56 Å². The fraction of sp³-hybridized carbons (Fsp3) is 0.167. The molecule has 0 spiro atoms.